The summed E-state index contributed by atoms with van der Waals surface area (Å²) >= 11 is 0. The van der Waals surface area contributed by atoms with Gasteiger partial charge in [0.25, 0.3) is 0 Å². The third kappa shape index (κ3) is 2.74. The van der Waals surface area contributed by atoms with Gasteiger partial charge < -0.3 is 15.0 Å². The lowest BCUT2D eigenvalue weighted by molar-refractivity contribution is 0.415. The van der Waals surface area contributed by atoms with Gasteiger partial charge in [-0.1, -0.05) is 12.1 Å². The van der Waals surface area contributed by atoms with Crippen molar-refractivity contribution < 1.29 is 4.74 Å². The summed E-state index contributed by atoms with van der Waals surface area (Å²) in [4.78, 5) is 0. The normalized spacial score (nSPS) is 10.7. The van der Waals surface area contributed by atoms with Gasteiger partial charge in [0.2, 0.25) is 0 Å². The highest BCUT2D eigenvalue weighted by atomic mass is 16.5. The second-order valence-corrected chi connectivity index (χ2v) is 5.61. The highest BCUT2D eigenvalue weighted by molar-refractivity contribution is 5.87. The monoisotopic (exact) mass is 305 g/mol. The second kappa shape index (κ2) is 6.05. The van der Waals surface area contributed by atoms with Crippen LogP contribution in [-0.4, -0.2) is 11.7 Å². The van der Waals surface area contributed by atoms with Crippen molar-refractivity contribution in [2.24, 2.45) is 0 Å². The number of fused-ring (bicyclic) bond motifs is 1. The average molecular weight is 305 g/mol. The zero-order valence-electron chi connectivity index (χ0n) is 13.3. The van der Waals surface area contributed by atoms with E-state index in [4.69, 9.17) is 15.7 Å². The van der Waals surface area contributed by atoms with Gasteiger partial charge >= 0.3 is 0 Å². The summed E-state index contributed by atoms with van der Waals surface area (Å²) in [6.07, 6.45) is 0.393. The van der Waals surface area contributed by atoms with E-state index in [9.17, 15) is 0 Å². The van der Waals surface area contributed by atoms with Crippen LogP contribution in [0.15, 0.2) is 42.5 Å². The Bertz CT molecular complexity index is 886. The molecule has 4 nitrogen and oxygen atoms in total. The van der Waals surface area contributed by atoms with E-state index in [-0.39, 0.29) is 0 Å². The lowest BCUT2D eigenvalue weighted by Gasteiger charge is -2.09. The number of nitrogen functional groups attached to an aromatic ring is 1. The minimum Gasteiger partial charge on any atom is -0.497 e. The number of rotatable bonds is 4. The fraction of sp³-hybridized carbons (Fsp3) is 0.211. The number of nitrogens with zero attached hydrogens (tertiary/aromatic N) is 2. The van der Waals surface area contributed by atoms with E-state index in [0.29, 0.717) is 6.42 Å². The van der Waals surface area contributed by atoms with Gasteiger partial charge in [-0.15, -0.1) is 0 Å². The molecule has 3 rings (SSSR count). The Labute approximate surface area is 135 Å². The molecular formula is C19H19N3O. The number of aromatic nitrogens is 1. The Morgan fingerprint density at radius 2 is 1.91 bits per heavy atom. The molecule has 3 aromatic rings. The number of methoxy groups -OCH3 is 1. The number of hydrogen-bond acceptors (Lipinski definition) is 3. The van der Waals surface area contributed by atoms with Crippen LogP contribution < -0.4 is 10.5 Å². The van der Waals surface area contributed by atoms with E-state index in [1.165, 1.54) is 5.56 Å². The average Bonchev–Trinajstić information content (AvgIpc) is 2.82. The topological polar surface area (TPSA) is 64.0 Å². The maximum absolute atomic E-state index is 9.16. The van der Waals surface area contributed by atoms with Crippen molar-refractivity contribution >= 4 is 16.6 Å². The van der Waals surface area contributed by atoms with Crippen LogP contribution in [0.4, 0.5) is 5.69 Å². The van der Waals surface area contributed by atoms with Crippen LogP contribution in [0, 0.1) is 18.3 Å². The molecule has 2 N–H and O–H groups in total. The van der Waals surface area contributed by atoms with E-state index >= 15 is 0 Å². The second-order valence-electron chi connectivity index (χ2n) is 5.61. The van der Waals surface area contributed by atoms with Crippen molar-refractivity contribution in [3.63, 3.8) is 0 Å². The van der Waals surface area contributed by atoms with E-state index in [1.54, 1.807) is 7.11 Å². The fourth-order valence-electron chi connectivity index (χ4n) is 2.97. The summed E-state index contributed by atoms with van der Waals surface area (Å²) in [5.74, 6) is 0.807. The smallest absolute Gasteiger partial charge is 0.119 e. The number of hydrogen-bond donors (Lipinski definition) is 1. The first kappa shape index (κ1) is 15.0. The van der Waals surface area contributed by atoms with Gasteiger partial charge in [-0.05, 0) is 48.4 Å². The lowest BCUT2D eigenvalue weighted by Crippen LogP contribution is -2.02. The Morgan fingerprint density at radius 3 is 2.57 bits per heavy atom. The molecule has 0 atom stereocenters. The molecule has 0 unspecified atom stereocenters. The molecule has 116 valence electrons. The molecule has 23 heavy (non-hydrogen) atoms. The maximum Gasteiger partial charge on any atom is 0.119 e. The molecule has 0 amide bonds. The lowest BCUT2D eigenvalue weighted by atomic mass is 10.1. The highest BCUT2D eigenvalue weighted by Crippen LogP contribution is 2.30. The number of ether oxygens (including phenoxy) is 1. The zero-order valence-corrected chi connectivity index (χ0v) is 13.3. The summed E-state index contributed by atoms with van der Waals surface area (Å²) in [6, 6.07) is 16.2. The maximum atomic E-state index is 9.16. The SMILES string of the molecule is COc1ccc2c(c1)c(CC#N)c(C)n2Cc1ccc(N)cc1. The molecule has 0 aliphatic carbocycles. The molecular weight excluding hydrogens is 286 g/mol. The molecule has 0 radical (unpaired) electrons. The van der Waals surface area contributed by atoms with Crippen LogP contribution in [0.1, 0.15) is 16.8 Å². The molecule has 1 aromatic heterocycles. The minimum atomic E-state index is 0.393. The minimum absolute atomic E-state index is 0.393. The molecule has 0 saturated carbocycles. The van der Waals surface area contributed by atoms with Crippen LogP contribution in [0.2, 0.25) is 0 Å². The Kier molecular flexibility index (Phi) is 3.94. The molecule has 0 aliphatic heterocycles. The van der Waals surface area contributed by atoms with Crippen LogP contribution in [0.3, 0.4) is 0 Å². The van der Waals surface area contributed by atoms with Crippen molar-refractivity contribution in [3.05, 3.63) is 59.3 Å². The van der Waals surface area contributed by atoms with Crippen molar-refractivity contribution in [2.75, 3.05) is 12.8 Å². The predicted octanol–water partition coefficient (Wildman–Crippen LogP) is 3.65. The largest absolute Gasteiger partial charge is 0.497 e. The van der Waals surface area contributed by atoms with Gasteiger partial charge in [-0.25, -0.2) is 0 Å². The van der Waals surface area contributed by atoms with Gasteiger partial charge in [0.1, 0.15) is 5.75 Å². The van der Waals surface area contributed by atoms with Gasteiger partial charge in [0.15, 0.2) is 0 Å². The van der Waals surface area contributed by atoms with Crippen molar-refractivity contribution in [1.82, 2.24) is 4.57 Å². The summed E-state index contributed by atoms with van der Waals surface area (Å²) in [5, 5.41) is 10.2. The van der Waals surface area contributed by atoms with Crippen LogP contribution >= 0.6 is 0 Å². The zero-order chi connectivity index (χ0) is 16.4. The summed E-state index contributed by atoms with van der Waals surface area (Å²) in [6.45, 7) is 2.82. The first-order chi connectivity index (χ1) is 11.1. The Hall–Kier alpha value is -2.93. The molecule has 0 fully saturated rings. The molecule has 0 spiro atoms. The molecule has 0 saturated heterocycles. The fourth-order valence-corrected chi connectivity index (χ4v) is 2.97. The van der Waals surface area contributed by atoms with Gasteiger partial charge in [0, 0.05) is 28.8 Å². The number of nitrogens with two attached hydrogens (primary N) is 1. The van der Waals surface area contributed by atoms with E-state index in [0.717, 1.165) is 40.1 Å². The predicted molar refractivity (Wildman–Crippen MR) is 92.5 cm³/mol. The Morgan fingerprint density at radius 1 is 1.17 bits per heavy atom. The van der Waals surface area contributed by atoms with Crippen molar-refractivity contribution in [1.29, 1.82) is 5.26 Å². The first-order valence-electron chi connectivity index (χ1n) is 7.51. The molecule has 4 heteroatoms. The summed E-state index contributed by atoms with van der Waals surface area (Å²) in [7, 11) is 1.66. The quantitative estimate of drug-likeness (QED) is 0.748. The Balaban J connectivity index is 2.14. The van der Waals surface area contributed by atoms with Crippen molar-refractivity contribution in [3.8, 4) is 11.8 Å². The van der Waals surface area contributed by atoms with Gasteiger partial charge in [-0.3, -0.25) is 0 Å². The van der Waals surface area contributed by atoms with Crippen LogP contribution in [0.5, 0.6) is 5.75 Å². The van der Waals surface area contributed by atoms with E-state index in [2.05, 4.69) is 23.6 Å². The number of nitriles is 1. The third-order valence-electron chi connectivity index (χ3n) is 4.24. The molecule has 2 aromatic carbocycles. The molecule has 0 bridgehead atoms. The first-order valence-corrected chi connectivity index (χ1v) is 7.51. The number of benzene rings is 2. The standard InChI is InChI=1S/C19H19N3O/c1-13-17(9-10-20)18-11-16(23-2)7-8-19(18)22(13)12-14-3-5-15(21)6-4-14/h3-8,11H,9,12,21H2,1-2H3. The van der Waals surface area contributed by atoms with E-state index < -0.39 is 0 Å². The molecule has 0 aliphatic rings. The summed E-state index contributed by atoms with van der Waals surface area (Å²) in [5.41, 5.74) is 11.0. The summed E-state index contributed by atoms with van der Waals surface area (Å²) < 4.78 is 7.57. The van der Waals surface area contributed by atoms with Gasteiger partial charge in [0.05, 0.1) is 19.6 Å². The third-order valence-corrected chi connectivity index (χ3v) is 4.24. The van der Waals surface area contributed by atoms with Crippen molar-refractivity contribution in [2.45, 2.75) is 19.9 Å². The van der Waals surface area contributed by atoms with Gasteiger partial charge in [-0.2, -0.15) is 5.26 Å². The van der Waals surface area contributed by atoms with Crippen LogP contribution in [-0.2, 0) is 13.0 Å². The molecule has 1 heterocycles. The number of anilines is 1. The van der Waals surface area contributed by atoms with E-state index in [1.807, 2.05) is 36.4 Å². The highest BCUT2D eigenvalue weighted by Gasteiger charge is 2.15. The van der Waals surface area contributed by atoms with Crippen LogP contribution in [0.25, 0.3) is 10.9 Å².